The lowest BCUT2D eigenvalue weighted by molar-refractivity contribution is 0.102. The molecular weight excluding hydrogens is 326 g/mol. The van der Waals surface area contributed by atoms with Gasteiger partial charge in [-0.15, -0.1) is 0 Å². The first kappa shape index (κ1) is 16.1. The third-order valence-corrected chi connectivity index (χ3v) is 3.83. The summed E-state index contributed by atoms with van der Waals surface area (Å²) in [5.41, 5.74) is 2.70. The van der Waals surface area contributed by atoms with Crippen molar-refractivity contribution in [2.75, 3.05) is 12.4 Å². The van der Waals surface area contributed by atoms with Crippen molar-refractivity contribution in [2.45, 2.75) is 6.92 Å². The first-order valence-corrected chi connectivity index (χ1v) is 7.73. The van der Waals surface area contributed by atoms with Crippen LogP contribution in [-0.4, -0.2) is 22.8 Å². The van der Waals surface area contributed by atoms with E-state index in [0.717, 1.165) is 11.4 Å². The molecule has 3 rings (SSSR count). The number of aryl methyl sites for hydroxylation is 1. The molecule has 0 aliphatic heterocycles. The van der Waals surface area contributed by atoms with Crippen LogP contribution in [0.2, 0.25) is 5.02 Å². The topological polar surface area (TPSA) is 56.1 Å². The number of hydrogen-bond acceptors (Lipinski definition) is 3. The minimum atomic E-state index is -0.297. The second-order valence-electron chi connectivity index (χ2n) is 5.22. The van der Waals surface area contributed by atoms with Crippen molar-refractivity contribution in [3.8, 4) is 11.4 Å². The predicted octanol–water partition coefficient (Wildman–Crippen LogP) is 4.10. The van der Waals surface area contributed by atoms with Crippen LogP contribution in [0.15, 0.2) is 54.6 Å². The van der Waals surface area contributed by atoms with Crippen molar-refractivity contribution in [1.29, 1.82) is 0 Å². The number of nitrogens with one attached hydrogen (secondary N) is 1. The van der Waals surface area contributed by atoms with E-state index in [1.54, 1.807) is 36.1 Å². The number of ether oxygens (including phenoxy) is 1. The molecule has 0 unspecified atom stereocenters. The lowest BCUT2D eigenvalue weighted by Gasteiger charge is -2.07. The van der Waals surface area contributed by atoms with E-state index in [0.29, 0.717) is 22.2 Å². The number of nitrogens with zero attached hydrogens (tertiary/aromatic N) is 2. The SMILES string of the molecule is COc1ccc(NC(=O)c2cc(C)n(-c3ccccc3)n2)cc1Cl. The van der Waals surface area contributed by atoms with Crippen molar-refractivity contribution < 1.29 is 9.53 Å². The number of carbonyl (C=O) groups is 1. The lowest BCUT2D eigenvalue weighted by Crippen LogP contribution is -2.13. The molecule has 0 saturated heterocycles. The van der Waals surface area contributed by atoms with Gasteiger partial charge >= 0.3 is 0 Å². The summed E-state index contributed by atoms with van der Waals surface area (Å²) in [6.45, 7) is 1.90. The van der Waals surface area contributed by atoms with Gasteiger partial charge in [0.1, 0.15) is 5.75 Å². The fraction of sp³-hybridized carbons (Fsp3) is 0.111. The van der Waals surface area contributed by atoms with Crippen LogP contribution in [0.5, 0.6) is 5.75 Å². The van der Waals surface area contributed by atoms with Crippen LogP contribution < -0.4 is 10.1 Å². The highest BCUT2D eigenvalue weighted by Crippen LogP contribution is 2.27. The first-order chi connectivity index (χ1) is 11.6. The van der Waals surface area contributed by atoms with Crippen molar-refractivity contribution in [3.63, 3.8) is 0 Å². The van der Waals surface area contributed by atoms with Gasteiger partial charge in [0.25, 0.3) is 5.91 Å². The summed E-state index contributed by atoms with van der Waals surface area (Å²) in [6.07, 6.45) is 0. The van der Waals surface area contributed by atoms with Gasteiger partial charge in [0.05, 0.1) is 17.8 Å². The van der Waals surface area contributed by atoms with Gasteiger partial charge in [0, 0.05) is 11.4 Å². The number of methoxy groups -OCH3 is 1. The molecule has 24 heavy (non-hydrogen) atoms. The lowest BCUT2D eigenvalue weighted by atomic mass is 10.3. The number of aromatic nitrogens is 2. The van der Waals surface area contributed by atoms with Crippen molar-refractivity contribution in [1.82, 2.24) is 9.78 Å². The van der Waals surface area contributed by atoms with Crippen LogP contribution in [-0.2, 0) is 0 Å². The van der Waals surface area contributed by atoms with E-state index in [4.69, 9.17) is 16.3 Å². The number of benzene rings is 2. The van der Waals surface area contributed by atoms with Gasteiger partial charge in [0.2, 0.25) is 0 Å². The van der Waals surface area contributed by atoms with E-state index in [2.05, 4.69) is 10.4 Å². The Morgan fingerprint density at radius 3 is 2.58 bits per heavy atom. The highest BCUT2D eigenvalue weighted by atomic mass is 35.5. The van der Waals surface area contributed by atoms with Crippen LogP contribution >= 0.6 is 11.6 Å². The molecule has 1 heterocycles. The molecule has 0 spiro atoms. The van der Waals surface area contributed by atoms with Crippen LogP contribution in [0.3, 0.4) is 0 Å². The van der Waals surface area contributed by atoms with E-state index >= 15 is 0 Å². The Bertz CT molecular complexity index is 875. The Kier molecular flexibility index (Phi) is 4.53. The molecule has 122 valence electrons. The summed E-state index contributed by atoms with van der Waals surface area (Å²) < 4.78 is 6.83. The monoisotopic (exact) mass is 341 g/mol. The van der Waals surface area contributed by atoms with Gasteiger partial charge < -0.3 is 10.1 Å². The average molecular weight is 342 g/mol. The Morgan fingerprint density at radius 1 is 1.17 bits per heavy atom. The number of rotatable bonds is 4. The Hall–Kier alpha value is -2.79. The van der Waals surface area contributed by atoms with Gasteiger partial charge in [-0.1, -0.05) is 29.8 Å². The molecule has 6 heteroatoms. The van der Waals surface area contributed by atoms with E-state index in [9.17, 15) is 4.79 Å². The third-order valence-electron chi connectivity index (χ3n) is 3.53. The van der Waals surface area contributed by atoms with Gasteiger partial charge in [-0.25, -0.2) is 4.68 Å². The van der Waals surface area contributed by atoms with E-state index < -0.39 is 0 Å². The number of hydrogen-bond donors (Lipinski definition) is 1. The molecule has 0 aliphatic carbocycles. The highest BCUT2D eigenvalue weighted by Gasteiger charge is 2.14. The molecule has 1 N–H and O–H groups in total. The largest absolute Gasteiger partial charge is 0.495 e. The van der Waals surface area contributed by atoms with Gasteiger partial charge in [0.15, 0.2) is 5.69 Å². The van der Waals surface area contributed by atoms with E-state index in [1.807, 2.05) is 37.3 Å². The summed E-state index contributed by atoms with van der Waals surface area (Å²) in [4.78, 5) is 12.4. The Balaban J connectivity index is 1.82. The molecule has 5 nitrogen and oxygen atoms in total. The molecule has 0 fully saturated rings. The second kappa shape index (κ2) is 6.76. The summed E-state index contributed by atoms with van der Waals surface area (Å²) in [5.74, 6) is 0.257. The summed E-state index contributed by atoms with van der Waals surface area (Å²) in [6, 6.07) is 16.5. The van der Waals surface area contributed by atoms with E-state index in [1.165, 1.54) is 0 Å². The molecule has 0 atom stereocenters. The Labute approximate surface area is 144 Å². The van der Waals surface area contributed by atoms with Crippen LogP contribution in [0.1, 0.15) is 16.2 Å². The van der Waals surface area contributed by atoms with Crippen LogP contribution in [0.4, 0.5) is 5.69 Å². The summed E-state index contributed by atoms with van der Waals surface area (Å²) in [5, 5.41) is 7.60. The highest BCUT2D eigenvalue weighted by molar-refractivity contribution is 6.32. The quantitative estimate of drug-likeness (QED) is 0.777. The van der Waals surface area contributed by atoms with Crippen molar-refractivity contribution >= 4 is 23.2 Å². The van der Waals surface area contributed by atoms with Crippen molar-refractivity contribution in [3.05, 3.63) is 71.0 Å². The molecule has 0 radical (unpaired) electrons. The first-order valence-electron chi connectivity index (χ1n) is 7.35. The molecule has 0 saturated carbocycles. The average Bonchev–Trinajstić information content (AvgIpc) is 2.98. The zero-order valence-electron chi connectivity index (χ0n) is 13.3. The fourth-order valence-corrected chi connectivity index (χ4v) is 2.61. The van der Waals surface area contributed by atoms with Gasteiger partial charge in [-0.2, -0.15) is 5.10 Å². The third kappa shape index (κ3) is 3.26. The minimum Gasteiger partial charge on any atom is -0.495 e. The Morgan fingerprint density at radius 2 is 1.92 bits per heavy atom. The molecule has 0 aliphatic rings. The minimum absolute atomic E-state index is 0.297. The number of carbonyl (C=O) groups excluding carboxylic acids is 1. The second-order valence-corrected chi connectivity index (χ2v) is 5.63. The number of para-hydroxylation sites is 1. The molecule has 2 aromatic carbocycles. The maximum absolute atomic E-state index is 12.4. The predicted molar refractivity (Wildman–Crippen MR) is 94.3 cm³/mol. The molecule has 0 bridgehead atoms. The standard InChI is InChI=1S/C18H16ClN3O2/c1-12-10-16(21-22(12)14-6-4-3-5-7-14)18(23)20-13-8-9-17(24-2)15(19)11-13/h3-11H,1-2H3,(H,20,23). The van der Waals surface area contributed by atoms with Crippen molar-refractivity contribution in [2.24, 2.45) is 0 Å². The number of anilines is 1. The maximum Gasteiger partial charge on any atom is 0.276 e. The molecular formula is C18H16ClN3O2. The number of halogens is 1. The smallest absolute Gasteiger partial charge is 0.276 e. The zero-order chi connectivity index (χ0) is 17.1. The van der Waals surface area contributed by atoms with E-state index in [-0.39, 0.29) is 5.91 Å². The van der Waals surface area contributed by atoms with Gasteiger partial charge in [-0.3, -0.25) is 4.79 Å². The fourth-order valence-electron chi connectivity index (χ4n) is 2.36. The normalized spacial score (nSPS) is 10.5. The van der Waals surface area contributed by atoms with Crippen LogP contribution in [0.25, 0.3) is 5.69 Å². The summed E-state index contributed by atoms with van der Waals surface area (Å²) in [7, 11) is 1.54. The maximum atomic E-state index is 12.4. The molecule has 1 aromatic heterocycles. The molecule has 1 amide bonds. The summed E-state index contributed by atoms with van der Waals surface area (Å²) >= 11 is 6.07. The molecule has 3 aromatic rings. The number of amides is 1. The van der Waals surface area contributed by atoms with Gasteiger partial charge in [-0.05, 0) is 43.3 Å². The van der Waals surface area contributed by atoms with Crippen LogP contribution in [0, 0.1) is 6.92 Å². The zero-order valence-corrected chi connectivity index (χ0v) is 14.0.